The topological polar surface area (TPSA) is 111 Å². The second kappa shape index (κ2) is 16.3. The maximum absolute atomic E-state index is 11.8. The van der Waals surface area contributed by atoms with Crippen molar-refractivity contribution < 1.29 is 29.0 Å². The molecule has 2 saturated carbocycles. The van der Waals surface area contributed by atoms with Gasteiger partial charge in [0.15, 0.2) is 5.69 Å². The number of hydrogen-bond donors (Lipinski definition) is 3. The molecule has 3 aromatic heterocycles. The minimum absolute atomic E-state index is 0.0250. The van der Waals surface area contributed by atoms with Crippen molar-refractivity contribution in [2.75, 3.05) is 19.8 Å². The fourth-order valence-corrected chi connectivity index (χ4v) is 11.4. The van der Waals surface area contributed by atoms with Gasteiger partial charge in [-0.1, -0.05) is 24.3 Å². The van der Waals surface area contributed by atoms with Crippen LogP contribution in [0.5, 0.6) is 5.75 Å². The van der Waals surface area contributed by atoms with Gasteiger partial charge in [0, 0.05) is 60.0 Å². The van der Waals surface area contributed by atoms with Gasteiger partial charge >= 0.3 is 0 Å². The number of benzene rings is 3. The molecule has 3 fully saturated rings. The number of nitrogens with zero attached hydrogens (tertiary/aromatic N) is 4. The summed E-state index contributed by atoms with van der Waals surface area (Å²) in [7, 11) is 0. The summed E-state index contributed by atoms with van der Waals surface area (Å²) < 4.78 is 25.2. The zero-order chi connectivity index (χ0) is 40.2. The Morgan fingerprint density at radius 1 is 0.800 bits per heavy atom. The third kappa shape index (κ3) is 7.29. The highest BCUT2D eigenvalue weighted by Crippen LogP contribution is 2.45. The number of H-pyrrole nitrogens is 1. The number of ether oxygens (including phenoxy) is 3. The van der Waals surface area contributed by atoms with E-state index < -0.39 is 12.2 Å². The van der Waals surface area contributed by atoms with Crippen LogP contribution < -0.4 is 9.30 Å². The van der Waals surface area contributed by atoms with Crippen molar-refractivity contribution in [2.24, 2.45) is 17.8 Å². The number of aromatic nitrogens is 5. The highest BCUT2D eigenvalue weighted by molar-refractivity contribution is 5.80. The van der Waals surface area contributed by atoms with Gasteiger partial charge in [0.25, 0.3) is 0 Å². The molecule has 0 spiro atoms. The average molecular weight is 809 g/mol. The Labute approximate surface area is 352 Å². The van der Waals surface area contributed by atoms with Gasteiger partial charge in [-0.25, -0.2) is 14.1 Å². The van der Waals surface area contributed by atoms with Gasteiger partial charge < -0.3 is 34.0 Å². The van der Waals surface area contributed by atoms with E-state index in [1.54, 1.807) is 0 Å². The Kier molecular flexibility index (Phi) is 10.4. The van der Waals surface area contributed by atoms with Gasteiger partial charge in [0.1, 0.15) is 23.7 Å². The van der Waals surface area contributed by atoms with Crippen LogP contribution in [-0.2, 0) is 9.47 Å². The molecule has 3 aliphatic heterocycles. The van der Waals surface area contributed by atoms with Crippen LogP contribution in [0.1, 0.15) is 100 Å². The number of imidazole rings is 2. The fraction of sp³-hybridized carbons (Fsp3) is 0.480. The van der Waals surface area contributed by atoms with E-state index in [0.717, 1.165) is 107 Å². The molecule has 60 heavy (non-hydrogen) atoms. The van der Waals surface area contributed by atoms with Crippen molar-refractivity contribution in [3.05, 3.63) is 109 Å². The first-order valence-corrected chi connectivity index (χ1v) is 22.7. The molecular formula is C50H58N5O5+. The number of fused-ring (bicyclic) bond motifs is 7. The smallest absolute Gasteiger partial charge is 0.250 e. The molecule has 10 heteroatoms. The van der Waals surface area contributed by atoms with Gasteiger partial charge in [-0.05, 0) is 136 Å². The number of hydrogen-bond acceptors (Lipinski definition) is 6. The standard InChI is InChI=1S/C50H58N5O5/c56-49(34-7-12-38(13-8-34)60-39-14-16-44-35(23-39)17-20-52-44)25-45-40-3-1-2-4-41(40)48-28-53(31-55(45)48)36-9-15-42-43(24-36)46(54-30-51-27-47(42)54)26-50(57)33-5-10-37(11-6-33)59-29-32-18-21-58-22-19-32/h1-4,9,14-17,20,23-24,27-28,30-34,37-38,45-46,49-50,52,56-57H,5-8,10-13,18-19,21-22,25-26,29H2/q+1. The third-order valence-corrected chi connectivity index (χ3v) is 14.9. The van der Waals surface area contributed by atoms with E-state index in [9.17, 15) is 10.2 Å². The molecule has 4 unspecified atom stereocenters. The molecule has 3 N–H and O–H groups in total. The molecule has 6 heterocycles. The van der Waals surface area contributed by atoms with Crippen LogP contribution in [0.2, 0.25) is 0 Å². The Hall–Kier alpha value is -4.74. The Balaban J connectivity index is 0.765. The summed E-state index contributed by atoms with van der Waals surface area (Å²) in [5.74, 6) is 2.06. The molecule has 10 nitrogen and oxygen atoms in total. The van der Waals surface area contributed by atoms with Gasteiger partial charge in [-0.3, -0.25) is 0 Å². The van der Waals surface area contributed by atoms with Crippen molar-refractivity contribution in [3.63, 3.8) is 0 Å². The third-order valence-electron chi connectivity index (χ3n) is 14.9. The lowest BCUT2D eigenvalue weighted by Gasteiger charge is -2.33. The second-order valence-electron chi connectivity index (χ2n) is 18.4. The monoisotopic (exact) mass is 808 g/mol. The van der Waals surface area contributed by atoms with Crippen molar-refractivity contribution in [1.82, 2.24) is 19.1 Å². The van der Waals surface area contributed by atoms with Crippen molar-refractivity contribution in [1.29, 1.82) is 0 Å². The molecule has 0 amide bonds. The first kappa shape index (κ1) is 38.2. The normalized spacial score (nSPS) is 26.0. The number of rotatable bonds is 12. The minimum atomic E-state index is -0.405. The predicted molar refractivity (Wildman–Crippen MR) is 230 cm³/mol. The molecule has 312 valence electrons. The largest absolute Gasteiger partial charge is 0.490 e. The highest BCUT2D eigenvalue weighted by atomic mass is 16.5. The van der Waals surface area contributed by atoms with Gasteiger partial charge in [-0.15, -0.1) is 0 Å². The Morgan fingerprint density at radius 3 is 2.42 bits per heavy atom. The van der Waals surface area contributed by atoms with E-state index >= 15 is 0 Å². The number of aliphatic hydroxyl groups excluding tert-OH is 2. The average Bonchev–Trinajstić information content (AvgIpc) is 4.13. The van der Waals surface area contributed by atoms with E-state index in [0.29, 0.717) is 24.9 Å². The molecular weight excluding hydrogens is 751 g/mol. The first-order valence-electron chi connectivity index (χ1n) is 22.7. The molecule has 3 aromatic carbocycles. The molecule has 5 aliphatic rings. The Morgan fingerprint density at radius 2 is 1.58 bits per heavy atom. The van der Waals surface area contributed by atoms with E-state index in [1.165, 1.54) is 33.3 Å². The SMILES string of the molecule is OC(CC1c2cc(-n3cc4[n+](c3)C(CC(O)C3CCC(Oc5ccc6[nH]ccc6c5)CC3)c3ccccc3-4)ccc2-c2cncn21)C1CCC(OCC2CCOCC2)CC1. The van der Waals surface area contributed by atoms with Gasteiger partial charge in [-0.2, -0.15) is 0 Å². The van der Waals surface area contributed by atoms with Crippen LogP contribution in [-0.4, -0.2) is 73.6 Å². The lowest BCUT2D eigenvalue weighted by atomic mass is 9.81. The summed E-state index contributed by atoms with van der Waals surface area (Å²) in [4.78, 5) is 7.79. The Bertz CT molecular complexity index is 2430. The minimum Gasteiger partial charge on any atom is -0.490 e. The van der Waals surface area contributed by atoms with E-state index in [4.69, 9.17) is 14.2 Å². The van der Waals surface area contributed by atoms with E-state index in [-0.39, 0.29) is 30.0 Å². The summed E-state index contributed by atoms with van der Waals surface area (Å²) in [5, 5.41) is 24.8. The van der Waals surface area contributed by atoms with Crippen molar-refractivity contribution >= 4 is 10.9 Å². The number of nitrogens with one attached hydrogen (secondary N) is 1. The zero-order valence-corrected chi connectivity index (χ0v) is 34.4. The lowest BCUT2D eigenvalue weighted by molar-refractivity contribution is -0.699. The van der Waals surface area contributed by atoms with Crippen LogP contribution in [0.4, 0.5) is 0 Å². The van der Waals surface area contributed by atoms with Crippen LogP contribution >= 0.6 is 0 Å². The zero-order valence-electron chi connectivity index (χ0n) is 34.4. The van der Waals surface area contributed by atoms with Gasteiger partial charge in [0.05, 0.1) is 48.7 Å². The van der Waals surface area contributed by atoms with Crippen LogP contribution in [0, 0.1) is 17.8 Å². The molecule has 0 bridgehead atoms. The summed E-state index contributed by atoms with van der Waals surface area (Å²) in [6.07, 6.45) is 21.4. The summed E-state index contributed by atoms with van der Waals surface area (Å²) in [6, 6.07) is 23.9. The molecule has 1 saturated heterocycles. The quantitative estimate of drug-likeness (QED) is 0.107. The number of aromatic amines is 1. The van der Waals surface area contributed by atoms with E-state index in [2.05, 4.69) is 103 Å². The van der Waals surface area contributed by atoms with Crippen LogP contribution in [0.3, 0.4) is 0 Å². The van der Waals surface area contributed by atoms with Gasteiger partial charge in [0.2, 0.25) is 6.33 Å². The second-order valence-corrected chi connectivity index (χ2v) is 18.4. The summed E-state index contributed by atoms with van der Waals surface area (Å²) >= 11 is 0. The molecule has 4 atom stereocenters. The molecule has 2 aliphatic carbocycles. The number of aliphatic hydroxyl groups is 2. The van der Waals surface area contributed by atoms with Crippen molar-refractivity contribution in [3.8, 4) is 34.0 Å². The summed E-state index contributed by atoms with van der Waals surface area (Å²) in [6.45, 7) is 2.56. The molecule has 0 radical (unpaired) electrons. The predicted octanol–water partition coefficient (Wildman–Crippen LogP) is 8.72. The van der Waals surface area contributed by atoms with Crippen molar-refractivity contribution in [2.45, 2.75) is 114 Å². The summed E-state index contributed by atoms with van der Waals surface area (Å²) in [5.41, 5.74) is 9.47. The molecule has 11 rings (SSSR count). The lowest BCUT2D eigenvalue weighted by Crippen LogP contribution is -2.40. The maximum Gasteiger partial charge on any atom is 0.250 e. The fourth-order valence-electron chi connectivity index (χ4n) is 11.4. The van der Waals surface area contributed by atoms with Crippen LogP contribution in [0.25, 0.3) is 39.1 Å². The van der Waals surface area contributed by atoms with E-state index in [1.807, 2.05) is 18.7 Å². The first-order chi connectivity index (χ1) is 29.5. The highest BCUT2D eigenvalue weighted by Gasteiger charge is 2.40. The maximum atomic E-state index is 11.8. The van der Waals surface area contributed by atoms with Crippen LogP contribution in [0.15, 0.2) is 98.0 Å². The molecule has 6 aromatic rings.